The van der Waals surface area contributed by atoms with Crippen molar-refractivity contribution in [1.82, 2.24) is 25.9 Å². The summed E-state index contributed by atoms with van der Waals surface area (Å²) in [5.41, 5.74) is 8.15. The van der Waals surface area contributed by atoms with E-state index >= 15 is 0 Å². The molecule has 18 heteroatoms. The molecule has 9 N–H and O–H groups in total. The molecule has 0 spiro atoms. The molecule has 2 aromatic rings. The van der Waals surface area contributed by atoms with Crippen LogP contribution in [0.1, 0.15) is 65.6 Å². The van der Waals surface area contributed by atoms with E-state index in [1.807, 2.05) is 0 Å². The molecule has 14 nitrogen and oxygen atoms in total. The highest BCUT2D eigenvalue weighted by atomic mass is 35.5. The average molecular weight is 656 g/mol. The molecule has 0 saturated heterocycles. The fourth-order valence-corrected chi connectivity index (χ4v) is 5.15. The van der Waals surface area contributed by atoms with Gasteiger partial charge in [-0.2, -0.15) is 13.2 Å². The van der Waals surface area contributed by atoms with Crippen LogP contribution < -0.4 is 32.7 Å². The number of anilines is 1. The minimum atomic E-state index is -4.55. The molecule has 2 heterocycles. The van der Waals surface area contributed by atoms with Gasteiger partial charge in [-0.1, -0.05) is 18.5 Å². The summed E-state index contributed by atoms with van der Waals surface area (Å²) in [5, 5.41) is 10.5. The normalized spacial score (nSPS) is 21.1. The third-order valence-electron chi connectivity index (χ3n) is 7.50. The molecule has 4 rings (SSSR count). The van der Waals surface area contributed by atoms with Crippen molar-refractivity contribution in [1.29, 1.82) is 0 Å². The highest BCUT2D eigenvalue weighted by Crippen LogP contribution is 2.34. The summed E-state index contributed by atoms with van der Waals surface area (Å²) in [4.78, 5) is 69.2. The smallest absolute Gasteiger partial charge is 0.368 e. The molecule has 1 aliphatic carbocycles. The van der Waals surface area contributed by atoms with Gasteiger partial charge < -0.3 is 32.4 Å². The van der Waals surface area contributed by atoms with Crippen molar-refractivity contribution in [2.24, 2.45) is 22.4 Å². The van der Waals surface area contributed by atoms with Gasteiger partial charge in [0.2, 0.25) is 11.8 Å². The van der Waals surface area contributed by atoms with E-state index in [0.29, 0.717) is 32.1 Å². The predicted octanol–water partition coefficient (Wildman–Crippen LogP) is 1.48. The standard InChI is InChI=1S/C20H21ClF3N5O3.C7H12N4O2/c1-25-18(31)15-16(27-9-26-15)19(32)28-12-5-2-10(3-6-12)17(30)29-14-8-11(20(22,23)24)4-7-13(14)21;1-2-7(6(9)13)4(5(8)12)10-3-11-7/h4,7-10,12H,2-3,5-6H2,1H3,(H,25,31)(H,26,27)(H,28,32)(H,29,30);11H,2-3H2,1H3,(H2,8,12)(H2,9,13). The molecule has 0 bridgehead atoms. The molecule has 2 aliphatic rings. The molecule has 1 aromatic carbocycles. The monoisotopic (exact) mass is 655 g/mol. The van der Waals surface area contributed by atoms with Crippen LogP contribution in [-0.2, 0) is 20.6 Å². The molecular weight excluding hydrogens is 623 g/mol. The molecule has 1 aliphatic heterocycles. The number of nitrogens with two attached hydrogens (primary N) is 2. The predicted molar refractivity (Wildman–Crippen MR) is 157 cm³/mol. The molecular formula is C27H33ClF3N9O5. The number of aromatic nitrogens is 2. The fraction of sp³-hybridized carbons (Fsp3) is 0.444. The molecule has 1 fully saturated rings. The number of carbonyl (C=O) groups is 5. The van der Waals surface area contributed by atoms with Gasteiger partial charge in [0.05, 0.1) is 29.3 Å². The third-order valence-corrected chi connectivity index (χ3v) is 7.83. The zero-order valence-corrected chi connectivity index (χ0v) is 25.1. The Labute approximate surface area is 260 Å². The number of carbonyl (C=O) groups excluding carboxylic acids is 5. The first-order valence-electron chi connectivity index (χ1n) is 13.8. The van der Waals surface area contributed by atoms with E-state index in [4.69, 9.17) is 23.1 Å². The lowest BCUT2D eigenvalue weighted by Crippen LogP contribution is -2.60. The Balaban J connectivity index is 0.000000355. The first kappa shape index (κ1) is 35.0. The van der Waals surface area contributed by atoms with Crippen LogP contribution in [0.3, 0.4) is 0 Å². The molecule has 1 saturated carbocycles. The Morgan fingerprint density at radius 2 is 1.76 bits per heavy atom. The van der Waals surface area contributed by atoms with Crippen molar-refractivity contribution in [2.45, 2.75) is 56.8 Å². The summed E-state index contributed by atoms with van der Waals surface area (Å²) in [5.74, 6) is -3.16. The largest absolute Gasteiger partial charge is 0.416 e. The average Bonchev–Trinajstić information content (AvgIpc) is 3.67. The summed E-state index contributed by atoms with van der Waals surface area (Å²) in [6, 6.07) is 2.52. The van der Waals surface area contributed by atoms with Crippen molar-refractivity contribution in [2.75, 3.05) is 19.0 Å². The van der Waals surface area contributed by atoms with Crippen LogP contribution in [-0.4, -0.2) is 70.5 Å². The van der Waals surface area contributed by atoms with Crippen LogP contribution in [0.25, 0.3) is 0 Å². The van der Waals surface area contributed by atoms with Crippen LogP contribution >= 0.6 is 11.6 Å². The number of aromatic amines is 1. The summed E-state index contributed by atoms with van der Waals surface area (Å²) >= 11 is 5.94. The first-order valence-corrected chi connectivity index (χ1v) is 14.2. The van der Waals surface area contributed by atoms with Crippen LogP contribution in [0, 0.1) is 5.92 Å². The number of nitrogens with zero attached hydrogens (tertiary/aromatic N) is 2. The molecule has 45 heavy (non-hydrogen) atoms. The van der Waals surface area contributed by atoms with Gasteiger partial charge in [0.25, 0.3) is 17.7 Å². The molecule has 1 atom stereocenters. The maximum absolute atomic E-state index is 12.9. The maximum Gasteiger partial charge on any atom is 0.416 e. The van der Waals surface area contributed by atoms with E-state index in [1.165, 1.54) is 13.4 Å². The Hall–Kier alpha value is -4.51. The van der Waals surface area contributed by atoms with Gasteiger partial charge in [0.15, 0.2) is 5.69 Å². The summed E-state index contributed by atoms with van der Waals surface area (Å²) in [7, 11) is 1.43. The van der Waals surface area contributed by atoms with E-state index in [0.717, 1.165) is 18.2 Å². The summed E-state index contributed by atoms with van der Waals surface area (Å²) in [6.07, 6.45) is -1.11. The van der Waals surface area contributed by atoms with Gasteiger partial charge in [-0.3, -0.25) is 34.3 Å². The Kier molecular flexibility index (Phi) is 11.3. The summed E-state index contributed by atoms with van der Waals surface area (Å²) < 4.78 is 38.7. The van der Waals surface area contributed by atoms with Gasteiger partial charge in [0.1, 0.15) is 16.9 Å². The highest BCUT2D eigenvalue weighted by molar-refractivity contribution is 6.46. The van der Waals surface area contributed by atoms with Crippen LogP contribution in [0.5, 0.6) is 0 Å². The zero-order valence-electron chi connectivity index (χ0n) is 24.3. The van der Waals surface area contributed by atoms with Gasteiger partial charge in [-0.05, 0) is 50.3 Å². The van der Waals surface area contributed by atoms with Crippen molar-refractivity contribution in [3.63, 3.8) is 0 Å². The van der Waals surface area contributed by atoms with Gasteiger partial charge in [-0.15, -0.1) is 0 Å². The van der Waals surface area contributed by atoms with Gasteiger partial charge in [-0.25, -0.2) is 4.98 Å². The lowest BCUT2D eigenvalue weighted by Gasteiger charge is -2.28. The SMILES string of the molecule is CCC1(C(N)=O)NCN=C1C(N)=O.CNC(=O)c1[nH]cnc1C(=O)NC1CCC(C(=O)Nc2cc(C(F)(F)F)ccc2Cl)CC1. The number of imidazole rings is 1. The number of primary amides is 2. The molecule has 5 amide bonds. The fourth-order valence-electron chi connectivity index (χ4n) is 4.98. The van der Waals surface area contributed by atoms with Gasteiger partial charge >= 0.3 is 6.18 Å². The second-order valence-electron chi connectivity index (χ2n) is 10.2. The van der Waals surface area contributed by atoms with Crippen LogP contribution in [0.2, 0.25) is 5.02 Å². The Bertz CT molecular complexity index is 1490. The van der Waals surface area contributed by atoms with Crippen molar-refractivity contribution < 1.29 is 37.1 Å². The van der Waals surface area contributed by atoms with E-state index in [-0.39, 0.29) is 40.5 Å². The molecule has 1 unspecified atom stereocenters. The number of hydrogen-bond acceptors (Lipinski definition) is 8. The minimum absolute atomic E-state index is 0.0122. The maximum atomic E-state index is 12.9. The highest BCUT2D eigenvalue weighted by Gasteiger charge is 2.45. The topological polar surface area (TPSA) is 227 Å². The Morgan fingerprint density at radius 3 is 2.29 bits per heavy atom. The van der Waals surface area contributed by atoms with Crippen LogP contribution in [0.15, 0.2) is 29.5 Å². The van der Waals surface area contributed by atoms with E-state index in [2.05, 4.69) is 36.2 Å². The molecule has 244 valence electrons. The molecule has 1 aromatic heterocycles. The van der Waals surface area contributed by atoms with E-state index in [9.17, 15) is 37.1 Å². The lowest BCUT2D eigenvalue weighted by atomic mass is 9.85. The quantitative estimate of drug-likeness (QED) is 0.221. The second-order valence-corrected chi connectivity index (χ2v) is 10.6. The van der Waals surface area contributed by atoms with Crippen LogP contribution in [0.4, 0.5) is 18.9 Å². The second kappa shape index (κ2) is 14.5. The summed E-state index contributed by atoms with van der Waals surface area (Å²) in [6.45, 7) is 1.94. The molecule has 0 radical (unpaired) electrons. The lowest BCUT2D eigenvalue weighted by molar-refractivity contribution is -0.137. The first-order chi connectivity index (χ1) is 21.1. The van der Waals surface area contributed by atoms with Crippen molar-refractivity contribution >= 4 is 52.5 Å². The van der Waals surface area contributed by atoms with E-state index in [1.54, 1.807) is 6.92 Å². The van der Waals surface area contributed by atoms with Crippen molar-refractivity contribution in [3.8, 4) is 0 Å². The minimum Gasteiger partial charge on any atom is -0.368 e. The van der Waals surface area contributed by atoms with E-state index < -0.39 is 52.7 Å². The number of hydrogen-bond donors (Lipinski definition) is 7. The number of halogens is 4. The zero-order chi connectivity index (χ0) is 33.5. The Morgan fingerprint density at radius 1 is 1.09 bits per heavy atom. The number of H-pyrrole nitrogens is 1. The number of nitrogens with one attached hydrogen (secondary N) is 5. The number of rotatable bonds is 8. The number of aliphatic imine (C=N–C) groups is 1. The number of benzene rings is 1. The van der Waals surface area contributed by atoms with Crippen molar-refractivity contribution in [3.05, 3.63) is 46.5 Å². The third kappa shape index (κ3) is 8.16. The van der Waals surface area contributed by atoms with Gasteiger partial charge in [0, 0.05) is 19.0 Å². The number of alkyl halides is 3. The number of amides is 5.